The maximum Gasteiger partial charge on any atom is 0.326 e. The minimum atomic E-state index is -0.883. The van der Waals surface area contributed by atoms with E-state index in [0.717, 1.165) is 45.4 Å². The van der Waals surface area contributed by atoms with E-state index in [1.54, 1.807) is 11.0 Å². The van der Waals surface area contributed by atoms with Gasteiger partial charge in [-0.05, 0) is 61.2 Å². The van der Waals surface area contributed by atoms with E-state index in [9.17, 15) is 14.7 Å². The number of aliphatic carboxylic acids is 1. The first kappa shape index (κ1) is 16.8. The molecule has 0 radical (unpaired) electrons. The van der Waals surface area contributed by atoms with Gasteiger partial charge in [0.15, 0.2) is 0 Å². The van der Waals surface area contributed by atoms with Crippen molar-refractivity contribution in [3.05, 3.63) is 6.33 Å². The lowest BCUT2D eigenvalue weighted by molar-refractivity contribution is -0.147. The number of carboxylic acid groups (broad SMARTS) is 1. The Morgan fingerprint density at radius 2 is 2.04 bits per heavy atom. The average Bonchev–Trinajstić information content (AvgIpc) is 3.18. The molecule has 2 aliphatic rings. The van der Waals surface area contributed by atoms with Crippen molar-refractivity contribution >= 4 is 11.9 Å². The number of hydrogen-bond donors (Lipinski definition) is 1. The topological polar surface area (TPSA) is 104 Å². The molecule has 24 heavy (non-hydrogen) atoms. The summed E-state index contributed by atoms with van der Waals surface area (Å²) < 4.78 is 1.73. The Bertz CT molecular complexity index is 558. The molecule has 3 heterocycles. The molecule has 2 saturated heterocycles. The molecule has 0 unspecified atom stereocenters. The number of aryl methyl sites for hydroxylation is 1. The number of carboxylic acids is 1. The number of likely N-dealkylation sites (tertiary alicyclic amines) is 2. The van der Waals surface area contributed by atoms with Crippen molar-refractivity contribution in [3.8, 4) is 0 Å². The van der Waals surface area contributed by atoms with Gasteiger partial charge in [-0.15, -0.1) is 5.10 Å². The van der Waals surface area contributed by atoms with Crippen LogP contribution >= 0.6 is 0 Å². The normalized spacial score (nSPS) is 23.7. The van der Waals surface area contributed by atoms with Crippen LogP contribution in [0.25, 0.3) is 0 Å². The minimum Gasteiger partial charge on any atom is -0.480 e. The van der Waals surface area contributed by atoms with Crippen LogP contribution in [0.4, 0.5) is 0 Å². The van der Waals surface area contributed by atoms with Crippen LogP contribution in [0.1, 0.15) is 32.6 Å². The highest BCUT2D eigenvalue weighted by molar-refractivity contribution is 5.83. The highest BCUT2D eigenvalue weighted by Gasteiger charge is 2.48. The predicted molar refractivity (Wildman–Crippen MR) is 84.0 cm³/mol. The summed E-state index contributed by atoms with van der Waals surface area (Å²) in [6, 6.07) is -0.658. The molecule has 2 fully saturated rings. The van der Waals surface area contributed by atoms with Gasteiger partial charge in [-0.2, -0.15) is 0 Å². The van der Waals surface area contributed by atoms with Crippen LogP contribution in [0.2, 0.25) is 0 Å². The third-order valence-electron chi connectivity index (χ3n) is 5.37. The van der Waals surface area contributed by atoms with Gasteiger partial charge >= 0.3 is 5.97 Å². The SMILES string of the molecule is CC(=O)N1CC2(CCN(CCCn3cnnn3)CC2)C[C@H]1C(=O)O. The van der Waals surface area contributed by atoms with Gasteiger partial charge in [0.05, 0.1) is 0 Å². The number of carbonyl (C=O) groups excluding carboxylic acids is 1. The number of carbonyl (C=O) groups is 2. The van der Waals surface area contributed by atoms with E-state index < -0.39 is 12.0 Å². The van der Waals surface area contributed by atoms with Gasteiger partial charge in [0.25, 0.3) is 0 Å². The molecule has 1 aromatic rings. The van der Waals surface area contributed by atoms with Gasteiger partial charge in [-0.3, -0.25) is 4.79 Å². The Hall–Kier alpha value is -2.03. The molecule has 0 aromatic carbocycles. The number of piperidine rings is 1. The standard InChI is InChI=1S/C15H24N6O3/c1-12(22)21-10-15(9-13(21)14(23)24)3-7-19(8-4-15)5-2-6-20-11-16-17-18-20/h11,13H,2-10H2,1H3,(H,23,24)/t13-/m0/s1. The highest BCUT2D eigenvalue weighted by atomic mass is 16.4. The third-order valence-corrected chi connectivity index (χ3v) is 5.37. The molecule has 0 aliphatic carbocycles. The quantitative estimate of drug-likeness (QED) is 0.797. The molecule has 2 aliphatic heterocycles. The Morgan fingerprint density at radius 3 is 2.58 bits per heavy atom. The first-order valence-corrected chi connectivity index (χ1v) is 8.42. The molecule has 9 nitrogen and oxygen atoms in total. The molecule has 1 aromatic heterocycles. The van der Waals surface area contributed by atoms with Crippen molar-refractivity contribution in [2.45, 2.75) is 45.2 Å². The third kappa shape index (κ3) is 3.55. The lowest BCUT2D eigenvalue weighted by Gasteiger charge is -2.39. The van der Waals surface area contributed by atoms with Crippen molar-refractivity contribution in [1.29, 1.82) is 0 Å². The number of tetrazole rings is 1. The molecule has 1 spiro atoms. The molecule has 3 rings (SSSR count). The maximum absolute atomic E-state index is 11.7. The second kappa shape index (κ2) is 6.84. The number of aromatic nitrogens is 4. The summed E-state index contributed by atoms with van der Waals surface area (Å²) in [5.41, 5.74) is -0.0267. The summed E-state index contributed by atoms with van der Waals surface area (Å²) in [5, 5.41) is 20.5. The zero-order valence-electron chi connectivity index (χ0n) is 14.0. The van der Waals surface area contributed by atoms with Gasteiger partial charge in [0.2, 0.25) is 5.91 Å². The summed E-state index contributed by atoms with van der Waals surface area (Å²) in [6.45, 7) is 5.73. The first-order valence-electron chi connectivity index (χ1n) is 8.42. The zero-order valence-corrected chi connectivity index (χ0v) is 14.0. The van der Waals surface area contributed by atoms with Crippen molar-refractivity contribution in [3.63, 3.8) is 0 Å². The van der Waals surface area contributed by atoms with Crippen LogP contribution in [-0.2, 0) is 16.1 Å². The van der Waals surface area contributed by atoms with Crippen molar-refractivity contribution < 1.29 is 14.7 Å². The van der Waals surface area contributed by atoms with Gasteiger partial charge in [-0.25, -0.2) is 9.48 Å². The molecule has 1 atom stereocenters. The molecule has 0 bridgehead atoms. The summed E-state index contributed by atoms with van der Waals surface area (Å²) in [6.07, 6.45) is 5.08. The summed E-state index contributed by atoms with van der Waals surface area (Å²) >= 11 is 0. The summed E-state index contributed by atoms with van der Waals surface area (Å²) in [4.78, 5) is 27.1. The lowest BCUT2D eigenvalue weighted by atomic mass is 9.76. The van der Waals surface area contributed by atoms with Crippen LogP contribution in [0.15, 0.2) is 6.33 Å². The largest absolute Gasteiger partial charge is 0.480 e. The monoisotopic (exact) mass is 336 g/mol. The van der Waals surface area contributed by atoms with Crippen molar-refractivity contribution in [2.75, 3.05) is 26.2 Å². The Balaban J connectivity index is 1.49. The van der Waals surface area contributed by atoms with Gasteiger partial charge in [0, 0.05) is 20.0 Å². The number of rotatable bonds is 5. The molecule has 1 amide bonds. The fraction of sp³-hybridized carbons (Fsp3) is 0.800. The molecule has 1 N–H and O–H groups in total. The Kier molecular flexibility index (Phi) is 4.79. The highest BCUT2D eigenvalue weighted by Crippen LogP contribution is 2.43. The Morgan fingerprint density at radius 1 is 1.29 bits per heavy atom. The van der Waals surface area contributed by atoms with E-state index in [0.29, 0.717) is 13.0 Å². The molecule has 9 heteroatoms. The van der Waals surface area contributed by atoms with E-state index >= 15 is 0 Å². The van der Waals surface area contributed by atoms with E-state index in [1.165, 1.54) is 11.8 Å². The first-order chi connectivity index (χ1) is 11.5. The molecular formula is C15H24N6O3. The number of amides is 1. The van der Waals surface area contributed by atoms with E-state index in [2.05, 4.69) is 20.4 Å². The molecule has 0 saturated carbocycles. The van der Waals surface area contributed by atoms with E-state index in [4.69, 9.17) is 0 Å². The zero-order chi connectivity index (χ0) is 17.2. The van der Waals surface area contributed by atoms with Gasteiger partial charge < -0.3 is 14.9 Å². The minimum absolute atomic E-state index is 0.0267. The fourth-order valence-corrected chi connectivity index (χ4v) is 3.96. The van der Waals surface area contributed by atoms with Gasteiger partial charge in [0.1, 0.15) is 12.4 Å². The van der Waals surface area contributed by atoms with Crippen LogP contribution in [0, 0.1) is 5.41 Å². The fourth-order valence-electron chi connectivity index (χ4n) is 3.96. The van der Waals surface area contributed by atoms with Crippen LogP contribution in [-0.4, -0.2) is 79.2 Å². The Labute approximate surface area is 140 Å². The molecule has 132 valence electrons. The smallest absolute Gasteiger partial charge is 0.326 e. The number of nitrogens with zero attached hydrogens (tertiary/aromatic N) is 6. The maximum atomic E-state index is 11.7. The summed E-state index contributed by atoms with van der Waals surface area (Å²) in [5.74, 6) is -1.02. The van der Waals surface area contributed by atoms with Crippen molar-refractivity contribution in [1.82, 2.24) is 30.0 Å². The van der Waals surface area contributed by atoms with E-state index in [1.807, 2.05) is 0 Å². The average molecular weight is 336 g/mol. The van der Waals surface area contributed by atoms with Gasteiger partial charge in [-0.1, -0.05) is 0 Å². The van der Waals surface area contributed by atoms with Crippen LogP contribution in [0.5, 0.6) is 0 Å². The van der Waals surface area contributed by atoms with E-state index in [-0.39, 0.29) is 11.3 Å². The predicted octanol–water partition coefficient (Wildman–Crippen LogP) is -0.149. The van der Waals surface area contributed by atoms with Crippen LogP contribution < -0.4 is 0 Å². The number of hydrogen-bond acceptors (Lipinski definition) is 6. The molecular weight excluding hydrogens is 312 g/mol. The van der Waals surface area contributed by atoms with Crippen LogP contribution in [0.3, 0.4) is 0 Å². The second-order valence-electron chi connectivity index (χ2n) is 6.97. The lowest BCUT2D eigenvalue weighted by Crippen LogP contribution is -2.42. The van der Waals surface area contributed by atoms with Crippen molar-refractivity contribution in [2.24, 2.45) is 5.41 Å². The summed E-state index contributed by atoms with van der Waals surface area (Å²) in [7, 11) is 0. The second-order valence-corrected chi connectivity index (χ2v) is 6.97.